The molecular formula is C45H60N4O6. The molecule has 0 heterocycles. The van der Waals surface area contributed by atoms with E-state index in [1.165, 1.54) is 0 Å². The average molecular weight is 753 g/mol. The molecule has 3 N–H and O–H groups in total. The normalized spacial score (nSPS) is 15.4. The minimum Gasteiger partial charge on any atom is -0.488 e. The van der Waals surface area contributed by atoms with Gasteiger partial charge in [-0.25, -0.2) is 9.59 Å². The van der Waals surface area contributed by atoms with Crippen LogP contribution in [0.1, 0.15) is 105 Å². The van der Waals surface area contributed by atoms with Gasteiger partial charge in [0.1, 0.15) is 35.6 Å². The highest BCUT2D eigenvalue weighted by molar-refractivity contribution is 5.88. The summed E-state index contributed by atoms with van der Waals surface area (Å²) in [6, 6.07) is 22.5. The highest BCUT2D eigenvalue weighted by Crippen LogP contribution is 2.44. The summed E-state index contributed by atoms with van der Waals surface area (Å²) in [4.78, 5) is 40.9. The molecule has 0 saturated carbocycles. The molecule has 3 aromatic rings. The largest absolute Gasteiger partial charge is 0.488 e. The molecule has 55 heavy (non-hydrogen) atoms. The summed E-state index contributed by atoms with van der Waals surface area (Å²) in [5, 5.41) is 19.8. The van der Waals surface area contributed by atoms with E-state index in [9.17, 15) is 19.6 Å². The molecule has 2 amide bonds. The molecule has 0 unspecified atom stereocenters. The standard InChI is InChI=1S/C45H60N4O6/c1-11-29(4)40(41(50)48-38(24-28(2)3)42(51)55-45(8,9)10)47-39(26-46)37(25-30-20-22-31(23-21-30)54-44(5,6)7)49-43(52)53-27-36-34-18-14-12-16-32(34)33-17-13-15-19-35(33)36/h12-23,28-29,36-40,47H,11,24-25,27H2,1-10H3,(H,48,50)(H,49,52)/t29-,37-,38-,39+,40-/m0/s1. The Hall–Kier alpha value is -4.88. The third-order valence-electron chi connectivity index (χ3n) is 9.56. The molecule has 10 nitrogen and oxygen atoms in total. The molecule has 0 fully saturated rings. The molecule has 3 aromatic carbocycles. The van der Waals surface area contributed by atoms with Crippen molar-refractivity contribution < 1.29 is 28.6 Å². The molecule has 0 bridgehead atoms. The Morgan fingerprint density at radius 2 is 1.40 bits per heavy atom. The van der Waals surface area contributed by atoms with E-state index in [1.807, 2.05) is 97.0 Å². The maximum Gasteiger partial charge on any atom is 0.407 e. The van der Waals surface area contributed by atoms with E-state index >= 15 is 0 Å². The number of nitriles is 1. The Morgan fingerprint density at radius 3 is 1.91 bits per heavy atom. The van der Waals surface area contributed by atoms with Gasteiger partial charge in [-0.05, 0) is 106 Å². The summed E-state index contributed by atoms with van der Waals surface area (Å²) in [7, 11) is 0. The molecule has 0 aromatic heterocycles. The van der Waals surface area contributed by atoms with Crippen molar-refractivity contribution in [2.75, 3.05) is 6.61 Å². The Labute approximate surface area is 327 Å². The minimum absolute atomic E-state index is 0.102. The molecule has 296 valence electrons. The Balaban J connectivity index is 1.58. The quantitative estimate of drug-likeness (QED) is 0.125. The lowest BCUT2D eigenvalue weighted by Gasteiger charge is -2.32. The van der Waals surface area contributed by atoms with Gasteiger partial charge in [-0.15, -0.1) is 0 Å². The molecule has 0 aliphatic heterocycles. The number of esters is 1. The van der Waals surface area contributed by atoms with Gasteiger partial charge in [0.15, 0.2) is 0 Å². The first-order chi connectivity index (χ1) is 25.9. The van der Waals surface area contributed by atoms with E-state index in [0.29, 0.717) is 18.6 Å². The smallest absolute Gasteiger partial charge is 0.407 e. The van der Waals surface area contributed by atoms with Crippen LogP contribution in [0.4, 0.5) is 4.79 Å². The molecule has 0 saturated heterocycles. The van der Waals surface area contributed by atoms with Crippen LogP contribution in [0.15, 0.2) is 72.8 Å². The van der Waals surface area contributed by atoms with Crippen LogP contribution in [0, 0.1) is 23.2 Å². The number of hydrogen-bond acceptors (Lipinski definition) is 8. The number of amides is 2. The zero-order valence-electron chi connectivity index (χ0n) is 34.2. The molecule has 4 rings (SSSR count). The van der Waals surface area contributed by atoms with Crippen molar-refractivity contribution in [2.45, 2.75) is 130 Å². The Morgan fingerprint density at radius 1 is 0.818 bits per heavy atom. The summed E-state index contributed by atoms with van der Waals surface area (Å²) >= 11 is 0. The predicted octanol–water partition coefficient (Wildman–Crippen LogP) is 8.08. The maximum absolute atomic E-state index is 14.0. The zero-order chi connectivity index (χ0) is 40.5. The molecule has 1 aliphatic rings. The van der Waals surface area contributed by atoms with E-state index < -0.39 is 47.7 Å². The van der Waals surface area contributed by atoms with Gasteiger partial charge >= 0.3 is 12.1 Å². The molecule has 0 spiro atoms. The Kier molecular flexibility index (Phi) is 14.5. The lowest BCUT2D eigenvalue weighted by atomic mass is 9.93. The van der Waals surface area contributed by atoms with Crippen LogP contribution in [0.3, 0.4) is 0 Å². The molecule has 10 heteroatoms. The second kappa shape index (κ2) is 18.6. The molecule has 1 aliphatic carbocycles. The summed E-state index contributed by atoms with van der Waals surface area (Å²) in [6.07, 6.45) is 0.585. The van der Waals surface area contributed by atoms with E-state index in [2.05, 4.69) is 46.3 Å². The number of nitrogens with one attached hydrogen (secondary N) is 3. The van der Waals surface area contributed by atoms with E-state index in [0.717, 1.165) is 27.8 Å². The monoisotopic (exact) mass is 752 g/mol. The fourth-order valence-electron chi connectivity index (χ4n) is 6.84. The summed E-state index contributed by atoms with van der Waals surface area (Å²) < 4.78 is 17.6. The summed E-state index contributed by atoms with van der Waals surface area (Å²) in [6.45, 7) is 19.2. The van der Waals surface area contributed by atoms with E-state index in [4.69, 9.17) is 14.2 Å². The number of fused-ring (bicyclic) bond motifs is 3. The van der Waals surface area contributed by atoms with Gasteiger partial charge < -0.3 is 24.8 Å². The van der Waals surface area contributed by atoms with Crippen LogP contribution in [-0.4, -0.2) is 59.9 Å². The van der Waals surface area contributed by atoms with Gasteiger partial charge in [0, 0.05) is 5.92 Å². The van der Waals surface area contributed by atoms with Crippen molar-refractivity contribution in [2.24, 2.45) is 11.8 Å². The van der Waals surface area contributed by atoms with Crippen molar-refractivity contribution in [3.63, 3.8) is 0 Å². The van der Waals surface area contributed by atoms with E-state index in [-0.39, 0.29) is 36.4 Å². The Bertz CT molecular complexity index is 1760. The van der Waals surface area contributed by atoms with E-state index in [1.54, 1.807) is 20.8 Å². The number of benzene rings is 3. The van der Waals surface area contributed by atoms with Crippen molar-refractivity contribution in [1.29, 1.82) is 5.26 Å². The number of ether oxygens (including phenoxy) is 3. The number of hydrogen-bond donors (Lipinski definition) is 3. The number of alkyl carbamates (subject to hydrolysis) is 1. The van der Waals surface area contributed by atoms with Crippen molar-refractivity contribution in [3.8, 4) is 22.9 Å². The molecule has 0 radical (unpaired) electrons. The van der Waals surface area contributed by atoms with Crippen LogP contribution in [0.25, 0.3) is 11.1 Å². The van der Waals surface area contributed by atoms with Gasteiger partial charge in [0.05, 0.1) is 18.2 Å². The van der Waals surface area contributed by atoms with Crippen LogP contribution in [0.5, 0.6) is 5.75 Å². The SMILES string of the molecule is CC[C@H](C)[C@H](N[C@H](C#N)[C@H](Cc1ccc(OC(C)(C)C)cc1)NC(=O)OCC1c2ccccc2-c2ccccc21)C(=O)N[C@@H](CC(C)C)C(=O)OC(C)(C)C. The number of rotatable bonds is 16. The molecular weight excluding hydrogens is 693 g/mol. The van der Waals surface area contributed by atoms with Crippen molar-refractivity contribution in [3.05, 3.63) is 89.5 Å². The predicted molar refractivity (Wildman–Crippen MR) is 216 cm³/mol. The third-order valence-corrected chi connectivity index (χ3v) is 9.56. The second-order valence-electron chi connectivity index (χ2n) is 17.0. The number of carbonyl (C=O) groups excluding carboxylic acids is 3. The summed E-state index contributed by atoms with van der Waals surface area (Å²) in [5.41, 5.74) is 4.15. The van der Waals surface area contributed by atoms with Gasteiger partial charge in [0.25, 0.3) is 0 Å². The number of carbonyl (C=O) groups is 3. The first-order valence-electron chi connectivity index (χ1n) is 19.5. The fraction of sp³-hybridized carbons (Fsp3) is 0.511. The van der Waals surface area contributed by atoms with Gasteiger partial charge in [-0.3, -0.25) is 10.1 Å². The first-order valence-corrected chi connectivity index (χ1v) is 19.5. The number of nitrogens with zero attached hydrogens (tertiary/aromatic N) is 1. The summed E-state index contributed by atoms with van der Waals surface area (Å²) in [5.74, 6) is -0.498. The van der Waals surface area contributed by atoms with Crippen LogP contribution in [-0.2, 0) is 25.5 Å². The van der Waals surface area contributed by atoms with Crippen molar-refractivity contribution >= 4 is 18.0 Å². The lowest BCUT2D eigenvalue weighted by molar-refractivity contribution is -0.159. The zero-order valence-corrected chi connectivity index (χ0v) is 34.2. The van der Waals surface area contributed by atoms with Gasteiger partial charge in [0.2, 0.25) is 5.91 Å². The van der Waals surface area contributed by atoms with Crippen LogP contribution in [0.2, 0.25) is 0 Å². The topological polar surface area (TPSA) is 139 Å². The van der Waals surface area contributed by atoms with Gasteiger partial charge in [-0.2, -0.15) is 5.26 Å². The highest BCUT2D eigenvalue weighted by Gasteiger charge is 2.36. The first kappa shape index (κ1) is 42.9. The highest BCUT2D eigenvalue weighted by atomic mass is 16.6. The van der Waals surface area contributed by atoms with Crippen LogP contribution >= 0.6 is 0 Å². The third kappa shape index (κ3) is 12.3. The van der Waals surface area contributed by atoms with Gasteiger partial charge in [-0.1, -0.05) is 94.8 Å². The lowest BCUT2D eigenvalue weighted by Crippen LogP contribution is -2.60. The minimum atomic E-state index is -1.01. The molecule has 5 atom stereocenters. The second-order valence-corrected chi connectivity index (χ2v) is 17.0. The fourth-order valence-corrected chi connectivity index (χ4v) is 6.84. The average Bonchev–Trinajstić information content (AvgIpc) is 3.43. The van der Waals surface area contributed by atoms with Crippen LogP contribution < -0.4 is 20.7 Å². The van der Waals surface area contributed by atoms with Crippen molar-refractivity contribution in [1.82, 2.24) is 16.0 Å². The maximum atomic E-state index is 14.0.